The van der Waals surface area contributed by atoms with Gasteiger partial charge in [0.2, 0.25) is 16.0 Å². The molecule has 0 aliphatic heterocycles. The van der Waals surface area contributed by atoms with Gasteiger partial charge in [0.15, 0.2) is 0 Å². The van der Waals surface area contributed by atoms with Crippen LogP contribution in [0.5, 0.6) is 0 Å². The van der Waals surface area contributed by atoms with Crippen molar-refractivity contribution >= 4 is 32.9 Å². The highest BCUT2D eigenvalue weighted by Gasteiger charge is 2.20. The van der Waals surface area contributed by atoms with E-state index in [-0.39, 0.29) is 10.6 Å². The molecular formula is C16H19N5O3S. The highest BCUT2D eigenvalue weighted by molar-refractivity contribution is 7.89. The predicted octanol–water partition coefficient (Wildman–Crippen LogP) is 1.56. The van der Waals surface area contributed by atoms with Crippen molar-refractivity contribution < 1.29 is 13.2 Å². The third-order valence-corrected chi connectivity index (χ3v) is 5.37. The maximum atomic E-state index is 12.6. The summed E-state index contributed by atoms with van der Waals surface area (Å²) >= 11 is 0. The number of carbonyl (C=O) groups excluding carboxylic acids is 1. The van der Waals surface area contributed by atoms with Crippen molar-refractivity contribution in [1.29, 1.82) is 0 Å². The number of hydrogen-bond donors (Lipinski definition) is 2. The number of anilines is 1. The fourth-order valence-electron chi connectivity index (χ4n) is 2.68. The minimum atomic E-state index is -3.61. The molecule has 0 atom stereocenters. The number of nitrogens with zero attached hydrogens (tertiary/aromatic N) is 3. The number of fused-ring (bicyclic) bond motifs is 1. The zero-order chi connectivity index (χ0) is 18.2. The summed E-state index contributed by atoms with van der Waals surface area (Å²) in [7, 11) is -0.669. The quantitative estimate of drug-likeness (QED) is 0.720. The summed E-state index contributed by atoms with van der Waals surface area (Å²) in [6.45, 7) is 2.60. The van der Waals surface area contributed by atoms with E-state index in [9.17, 15) is 13.2 Å². The van der Waals surface area contributed by atoms with Crippen molar-refractivity contribution in [2.75, 3.05) is 12.4 Å². The molecule has 2 heterocycles. The molecule has 8 nitrogen and oxygen atoms in total. The molecule has 0 spiro atoms. The lowest BCUT2D eigenvalue weighted by atomic mass is 10.3. The van der Waals surface area contributed by atoms with Crippen molar-refractivity contribution in [1.82, 2.24) is 18.8 Å². The second-order valence-corrected chi connectivity index (χ2v) is 7.39. The first-order chi connectivity index (χ1) is 11.9. The first-order valence-electron chi connectivity index (χ1n) is 7.74. The number of benzene rings is 1. The molecule has 0 aliphatic carbocycles. The maximum Gasteiger partial charge on any atom is 0.274 e. The number of nitrogens with one attached hydrogen (secondary N) is 2. The molecule has 0 saturated heterocycles. The number of para-hydroxylation sites is 2. The molecule has 0 radical (unpaired) electrons. The number of carbonyl (C=O) groups is 1. The first kappa shape index (κ1) is 17.2. The Morgan fingerprint density at radius 3 is 2.68 bits per heavy atom. The van der Waals surface area contributed by atoms with Crippen LogP contribution in [0.1, 0.15) is 17.4 Å². The minimum absolute atomic E-state index is 0.0339. The van der Waals surface area contributed by atoms with E-state index >= 15 is 0 Å². The molecule has 3 aromatic rings. The van der Waals surface area contributed by atoms with Gasteiger partial charge in [0, 0.05) is 19.8 Å². The molecule has 0 saturated carbocycles. The Morgan fingerprint density at radius 1 is 1.28 bits per heavy atom. The molecule has 25 heavy (non-hydrogen) atoms. The van der Waals surface area contributed by atoms with Crippen molar-refractivity contribution in [2.24, 2.45) is 7.05 Å². The molecule has 0 bridgehead atoms. The van der Waals surface area contributed by atoms with Crippen molar-refractivity contribution in [3.63, 3.8) is 0 Å². The molecule has 3 rings (SSSR count). The van der Waals surface area contributed by atoms with Gasteiger partial charge in [-0.3, -0.25) is 10.1 Å². The van der Waals surface area contributed by atoms with E-state index in [1.807, 2.05) is 35.8 Å². The van der Waals surface area contributed by atoms with Gasteiger partial charge in [-0.2, -0.15) is 0 Å². The Kier molecular flexibility index (Phi) is 4.36. The molecule has 1 amide bonds. The van der Waals surface area contributed by atoms with E-state index in [2.05, 4.69) is 15.0 Å². The van der Waals surface area contributed by atoms with E-state index in [0.717, 1.165) is 11.0 Å². The van der Waals surface area contributed by atoms with Crippen LogP contribution < -0.4 is 10.0 Å². The van der Waals surface area contributed by atoms with Gasteiger partial charge >= 0.3 is 0 Å². The third-order valence-electron chi connectivity index (χ3n) is 3.99. The van der Waals surface area contributed by atoms with Crippen LogP contribution in [0, 0.1) is 0 Å². The van der Waals surface area contributed by atoms with E-state index in [4.69, 9.17) is 0 Å². The lowest BCUT2D eigenvalue weighted by Gasteiger charge is -2.08. The average Bonchev–Trinajstić information content (AvgIpc) is 3.15. The molecule has 1 aromatic carbocycles. The number of hydrogen-bond acceptors (Lipinski definition) is 4. The van der Waals surface area contributed by atoms with Crippen LogP contribution in [-0.2, 0) is 23.6 Å². The molecule has 2 N–H and O–H groups in total. The van der Waals surface area contributed by atoms with Gasteiger partial charge in [-0.25, -0.2) is 18.1 Å². The molecule has 132 valence electrons. The van der Waals surface area contributed by atoms with Gasteiger partial charge in [-0.1, -0.05) is 12.1 Å². The standard InChI is InChI=1S/C16H19N5O3S/c1-4-21-13-8-6-5-7-12(13)18-16(21)19-15(22)14-9-11(10-20(14)3)25(23,24)17-2/h5-10,17H,4H2,1-3H3,(H,18,19,22). The predicted molar refractivity (Wildman–Crippen MR) is 95.0 cm³/mol. The van der Waals surface area contributed by atoms with Gasteiger partial charge in [0.1, 0.15) is 10.6 Å². The third kappa shape index (κ3) is 3.03. The lowest BCUT2D eigenvalue weighted by molar-refractivity contribution is 0.101. The topological polar surface area (TPSA) is 98.0 Å². The van der Waals surface area contributed by atoms with E-state index in [1.165, 1.54) is 23.9 Å². The van der Waals surface area contributed by atoms with Gasteiger partial charge in [0.25, 0.3) is 5.91 Å². The fourth-order valence-corrected chi connectivity index (χ4v) is 3.48. The Balaban J connectivity index is 1.96. The van der Waals surface area contributed by atoms with Crippen LogP contribution in [0.15, 0.2) is 41.4 Å². The number of imidazole rings is 1. The van der Waals surface area contributed by atoms with Crippen LogP contribution >= 0.6 is 0 Å². The van der Waals surface area contributed by atoms with Gasteiger partial charge in [-0.05, 0) is 32.2 Å². The summed E-state index contributed by atoms with van der Waals surface area (Å²) in [6, 6.07) is 8.93. The Labute approximate surface area is 145 Å². The molecular weight excluding hydrogens is 342 g/mol. The normalized spacial score (nSPS) is 11.8. The van der Waals surface area contributed by atoms with Crippen LogP contribution in [0.2, 0.25) is 0 Å². The van der Waals surface area contributed by atoms with E-state index in [1.54, 1.807) is 7.05 Å². The van der Waals surface area contributed by atoms with E-state index in [0.29, 0.717) is 12.5 Å². The SMILES string of the molecule is CCn1c(NC(=O)c2cc(S(=O)(=O)NC)cn2C)nc2ccccc21. The Hall–Kier alpha value is -2.65. The van der Waals surface area contributed by atoms with Crippen LogP contribution in [0.25, 0.3) is 11.0 Å². The molecule has 0 aliphatic rings. The van der Waals surface area contributed by atoms with Gasteiger partial charge in [0.05, 0.1) is 11.0 Å². The van der Waals surface area contributed by atoms with E-state index < -0.39 is 15.9 Å². The Morgan fingerprint density at radius 2 is 2.00 bits per heavy atom. The summed E-state index contributed by atoms with van der Waals surface area (Å²) in [5.41, 5.74) is 1.93. The number of amides is 1. The Bertz CT molecular complexity index is 1050. The zero-order valence-electron chi connectivity index (χ0n) is 14.1. The number of aryl methyl sites for hydroxylation is 2. The summed E-state index contributed by atoms with van der Waals surface area (Å²) in [5.74, 6) is -0.00187. The fraction of sp³-hybridized carbons (Fsp3) is 0.250. The van der Waals surface area contributed by atoms with Crippen molar-refractivity contribution in [2.45, 2.75) is 18.4 Å². The van der Waals surface area contributed by atoms with Crippen LogP contribution in [-0.4, -0.2) is 35.5 Å². The molecule has 2 aromatic heterocycles. The highest BCUT2D eigenvalue weighted by atomic mass is 32.2. The molecule has 9 heteroatoms. The number of rotatable bonds is 5. The summed E-state index contributed by atoms with van der Waals surface area (Å²) in [4.78, 5) is 17.1. The summed E-state index contributed by atoms with van der Waals surface area (Å²) < 4.78 is 29.4. The number of aromatic nitrogens is 3. The molecule has 0 fully saturated rings. The molecule has 0 unspecified atom stereocenters. The lowest BCUT2D eigenvalue weighted by Crippen LogP contribution is -2.18. The maximum absolute atomic E-state index is 12.6. The number of sulfonamides is 1. The van der Waals surface area contributed by atoms with Crippen LogP contribution in [0.4, 0.5) is 5.95 Å². The van der Waals surface area contributed by atoms with Gasteiger partial charge in [-0.15, -0.1) is 0 Å². The zero-order valence-corrected chi connectivity index (χ0v) is 15.0. The highest BCUT2D eigenvalue weighted by Crippen LogP contribution is 2.20. The largest absolute Gasteiger partial charge is 0.345 e. The van der Waals surface area contributed by atoms with Gasteiger partial charge < -0.3 is 9.13 Å². The average molecular weight is 361 g/mol. The van der Waals surface area contributed by atoms with Crippen molar-refractivity contribution in [3.05, 3.63) is 42.2 Å². The first-order valence-corrected chi connectivity index (χ1v) is 9.22. The van der Waals surface area contributed by atoms with Crippen LogP contribution in [0.3, 0.4) is 0 Å². The van der Waals surface area contributed by atoms with Crippen molar-refractivity contribution in [3.8, 4) is 0 Å². The monoisotopic (exact) mass is 361 g/mol. The second-order valence-electron chi connectivity index (χ2n) is 5.50. The second kappa shape index (κ2) is 6.34. The summed E-state index contributed by atoms with van der Waals surface area (Å²) in [6.07, 6.45) is 1.39. The minimum Gasteiger partial charge on any atom is -0.345 e. The smallest absolute Gasteiger partial charge is 0.274 e. The summed E-state index contributed by atoms with van der Waals surface area (Å²) in [5, 5.41) is 2.77.